The highest BCUT2D eigenvalue weighted by atomic mass is 15.2. The highest BCUT2D eigenvalue weighted by Crippen LogP contribution is 2.61. The molecule has 0 saturated heterocycles. The van der Waals surface area contributed by atoms with E-state index in [0.29, 0.717) is 0 Å². The summed E-state index contributed by atoms with van der Waals surface area (Å²) >= 11 is 0. The van der Waals surface area contributed by atoms with Crippen molar-refractivity contribution >= 4 is 77.7 Å². The standard InChI is InChI=1S/C94H72N6/c1-61-27-25-41-75(51-61)97(73-37-21-11-22-38-73)91-89(71-57-81(67-29-13-7-14-30-67)95-82(58-71)68-31-15-8-16-32-68)94(100-87-49-45-65(5)55-79(87)80-56-66(6)46-50-88(80)100)92(98(74-39-23-12-24-40-74)76-42-26-28-62(2)52-76)90(93(91)99-85-47-43-63(3)53-77(85)78-54-64(4)44-48-86(78)99)72-59-83(69-33-17-9-18-34-69)96-84(60-72)70-35-19-10-20-36-70/h7-60H,1-6H3. The molecule has 0 radical (unpaired) electrons. The molecule has 4 heterocycles. The Morgan fingerprint density at radius 2 is 0.470 bits per heavy atom. The molecule has 0 atom stereocenters. The van der Waals surface area contributed by atoms with Crippen LogP contribution in [0.4, 0.5) is 34.1 Å². The Bertz CT molecular complexity index is 5360. The van der Waals surface area contributed by atoms with Crippen LogP contribution in [0.3, 0.4) is 0 Å². The van der Waals surface area contributed by atoms with Gasteiger partial charge in [-0.15, -0.1) is 0 Å². The smallest absolute Gasteiger partial charge is 0.0811 e. The maximum atomic E-state index is 5.75. The number of benzene rings is 13. The third-order valence-corrected chi connectivity index (χ3v) is 19.5. The number of aromatic nitrogens is 4. The van der Waals surface area contributed by atoms with Crippen molar-refractivity contribution in [2.24, 2.45) is 0 Å². The van der Waals surface area contributed by atoms with Gasteiger partial charge in [0.1, 0.15) is 0 Å². The Morgan fingerprint density at radius 3 is 0.740 bits per heavy atom. The third-order valence-electron chi connectivity index (χ3n) is 19.5. The molecular formula is C94H72N6. The number of hydrogen-bond acceptors (Lipinski definition) is 4. The van der Waals surface area contributed by atoms with E-state index in [0.717, 1.165) is 168 Å². The molecule has 13 aromatic carbocycles. The highest BCUT2D eigenvalue weighted by molar-refractivity contribution is 6.19. The summed E-state index contributed by atoms with van der Waals surface area (Å²) in [7, 11) is 0. The molecule has 17 aromatic rings. The fraction of sp³-hybridized carbons (Fsp3) is 0.0638. The number of nitrogens with zero attached hydrogens (tertiary/aromatic N) is 6. The molecule has 0 aliphatic carbocycles. The van der Waals surface area contributed by atoms with Crippen LogP contribution < -0.4 is 9.80 Å². The summed E-state index contributed by atoms with van der Waals surface area (Å²) in [5.41, 5.74) is 30.2. The lowest BCUT2D eigenvalue weighted by Gasteiger charge is -2.38. The quantitative estimate of drug-likeness (QED) is 0.109. The van der Waals surface area contributed by atoms with Crippen LogP contribution in [0.5, 0.6) is 0 Å². The summed E-state index contributed by atoms with van der Waals surface area (Å²) in [5, 5.41) is 4.62. The predicted molar refractivity (Wildman–Crippen MR) is 421 cm³/mol. The molecule has 0 bridgehead atoms. The molecule has 0 spiro atoms. The predicted octanol–water partition coefficient (Wildman–Crippen LogP) is 25.5. The van der Waals surface area contributed by atoms with Gasteiger partial charge in [-0.1, -0.05) is 229 Å². The van der Waals surface area contributed by atoms with Crippen molar-refractivity contribution in [2.45, 2.75) is 41.5 Å². The van der Waals surface area contributed by atoms with Crippen molar-refractivity contribution < 1.29 is 0 Å². The molecule has 0 aliphatic heterocycles. The number of pyridine rings is 2. The van der Waals surface area contributed by atoms with E-state index in [1.807, 2.05) is 0 Å². The first kappa shape index (κ1) is 61.0. The van der Waals surface area contributed by atoms with Gasteiger partial charge in [-0.3, -0.25) is 0 Å². The summed E-state index contributed by atoms with van der Waals surface area (Å²) in [4.78, 5) is 16.6. The van der Waals surface area contributed by atoms with Gasteiger partial charge in [0.15, 0.2) is 0 Å². The van der Waals surface area contributed by atoms with E-state index in [2.05, 4.69) is 388 Å². The van der Waals surface area contributed by atoms with Gasteiger partial charge in [0.05, 0.1) is 67.6 Å². The molecule has 17 rings (SSSR count). The molecule has 100 heavy (non-hydrogen) atoms. The third kappa shape index (κ3) is 11.0. The lowest BCUT2D eigenvalue weighted by molar-refractivity contribution is 1.11. The van der Waals surface area contributed by atoms with Gasteiger partial charge < -0.3 is 18.9 Å². The van der Waals surface area contributed by atoms with Crippen LogP contribution in [0.2, 0.25) is 0 Å². The van der Waals surface area contributed by atoms with Gasteiger partial charge in [0.25, 0.3) is 0 Å². The fourth-order valence-electron chi connectivity index (χ4n) is 15.0. The second kappa shape index (κ2) is 25.4. The minimum atomic E-state index is 0.840. The molecule has 6 nitrogen and oxygen atoms in total. The fourth-order valence-corrected chi connectivity index (χ4v) is 15.0. The Labute approximate surface area is 584 Å². The zero-order chi connectivity index (χ0) is 67.5. The monoisotopic (exact) mass is 1280 g/mol. The van der Waals surface area contributed by atoms with Crippen LogP contribution in [0.25, 0.3) is 122 Å². The molecule has 6 heteroatoms. The molecule has 0 amide bonds. The van der Waals surface area contributed by atoms with Gasteiger partial charge >= 0.3 is 0 Å². The minimum absolute atomic E-state index is 0.840. The second-order valence-corrected chi connectivity index (χ2v) is 26.6. The van der Waals surface area contributed by atoms with Crippen LogP contribution in [0.15, 0.2) is 328 Å². The zero-order valence-corrected chi connectivity index (χ0v) is 56.9. The van der Waals surface area contributed by atoms with Crippen molar-refractivity contribution in [3.63, 3.8) is 0 Å². The van der Waals surface area contributed by atoms with E-state index in [1.54, 1.807) is 0 Å². The lowest BCUT2D eigenvalue weighted by Crippen LogP contribution is -2.21. The van der Waals surface area contributed by atoms with Gasteiger partial charge in [0.2, 0.25) is 0 Å². The molecule has 0 fully saturated rings. The first-order valence-corrected chi connectivity index (χ1v) is 34.4. The second-order valence-electron chi connectivity index (χ2n) is 26.6. The van der Waals surface area contributed by atoms with E-state index >= 15 is 0 Å². The maximum Gasteiger partial charge on any atom is 0.0811 e. The van der Waals surface area contributed by atoms with Crippen LogP contribution in [0, 0.1) is 41.5 Å². The van der Waals surface area contributed by atoms with E-state index in [4.69, 9.17) is 9.97 Å². The van der Waals surface area contributed by atoms with Crippen LogP contribution >= 0.6 is 0 Å². The maximum absolute atomic E-state index is 5.75. The molecule has 0 unspecified atom stereocenters. The number of rotatable bonds is 14. The van der Waals surface area contributed by atoms with Crippen molar-refractivity contribution in [1.82, 2.24) is 19.1 Å². The first-order chi connectivity index (χ1) is 49.1. The molecule has 0 aliphatic rings. The summed E-state index contributed by atoms with van der Waals surface area (Å²) in [6.07, 6.45) is 0. The average molecular weight is 1290 g/mol. The van der Waals surface area contributed by atoms with Crippen molar-refractivity contribution in [3.05, 3.63) is 361 Å². The van der Waals surface area contributed by atoms with Gasteiger partial charge in [0, 0.05) is 77.7 Å². The van der Waals surface area contributed by atoms with Crippen LogP contribution in [-0.2, 0) is 0 Å². The number of anilines is 6. The molecule has 0 N–H and O–H groups in total. The minimum Gasteiger partial charge on any atom is -0.308 e. The zero-order valence-electron chi connectivity index (χ0n) is 56.9. The number of para-hydroxylation sites is 2. The molecule has 0 saturated carbocycles. The van der Waals surface area contributed by atoms with Crippen molar-refractivity contribution in [1.29, 1.82) is 0 Å². The lowest BCUT2D eigenvalue weighted by atomic mass is 9.87. The Hall–Kier alpha value is -12.6. The number of hydrogen-bond donors (Lipinski definition) is 0. The van der Waals surface area contributed by atoms with Gasteiger partial charge in [-0.2, -0.15) is 0 Å². The normalized spacial score (nSPS) is 11.5. The highest BCUT2D eigenvalue weighted by Gasteiger charge is 2.38. The van der Waals surface area contributed by atoms with Crippen LogP contribution in [-0.4, -0.2) is 19.1 Å². The summed E-state index contributed by atoms with van der Waals surface area (Å²) in [5.74, 6) is 0. The molecule has 4 aromatic heterocycles. The van der Waals surface area contributed by atoms with Gasteiger partial charge in [-0.05, 0) is 185 Å². The molecular weight excluding hydrogens is 1210 g/mol. The van der Waals surface area contributed by atoms with Crippen molar-refractivity contribution in [3.8, 4) is 78.7 Å². The Balaban J connectivity index is 1.26. The summed E-state index contributed by atoms with van der Waals surface area (Å²) < 4.78 is 5.24. The largest absolute Gasteiger partial charge is 0.308 e. The number of fused-ring (bicyclic) bond motifs is 6. The van der Waals surface area contributed by atoms with E-state index in [9.17, 15) is 0 Å². The summed E-state index contributed by atoms with van der Waals surface area (Å²) in [6.45, 7) is 13.3. The van der Waals surface area contributed by atoms with Crippen molar-refractivity contribution in [2.75, 3.05) is 9.80 Å². The summed E-state index contributed by atoms with van der Waals surface area (Å²) in [6, 6.07) is 121. The van der Waals surface area contributed by atoms with E-state index in [-0.39, 0.29) is 0 Å². The SMILES string of the molecule is Cc1cccc(N(c2ccccc2)c2c(-c3cc(-c4ccccc4)nc(-c4ccccc4)c3)c(-n3c4ccc(C)cc4c4cc(C)ccc43)c(N(c3ccccc3)c3cccc(C)c3)c(-c3cc(-c4ccccc4)nc(-c4ccccc4)c3)c2-n2c3ccc(C)cc3c3cc(C)ccc32)c1. The van der Waals surface area contributed by atoms with Crippen LogP contribution in [0.1, 0.15) is 33.4 Å². The molecule has 478 valence electrons. The van der Waals surface area contributed by atoms with Gasteiger partial charge in [-0.25, -0.2) is 9.97 Å². The van der Waals surface area contributed by atoms with E-state index < -0.39 is 0 Å². The topological polar surface area (TPSA) is 42.1 Å². The van der Waals surface area contributed by atoms with E-state index in [1.165, 1.54) is 22.3 Å². The average Bonchev–Trinajstić information content (AvgIpc) is 1.29. The number of aryl methyl sites for hydroxylation is 6. The Morgan fingerprint density at radius 1 is 0.220 bits per heavy atom. The Kier molecular flexibility index (Phi) is 15.5. The first-order valence-electron chi connectivity index (χ1n) is 34.4.